The molecule has 9 heteroatoms. The Hall–Kier alpha value is -4.63. The number of hydrogen-bond donors (Lipinski definition) is 2. The lowest BCUT2D eigenvalue weighted by Crippen LogP contribution is -2.62. The minimum atomic E-state index is -0.895. The Morgan fingerprint density at radius 3 is 2.33 bits per heavy atom. The highest BCUT2D eigenvalue weighted by molar-refractivity contribution is 5.92. The monoisotopic (exact) mass is 581 g/mol. The molecule has 2 heterocycles. The molecule has 1 aromatic heterocycles. The van der Waals surface area contributed by atoms with E-state index in [1.807, 2.05) is 79.9 Å². The van der Waals surface area contributed by atoms with Gasteiger partial charge in [0.25, 0.3) is 0 Å². The number of benzene rings is 3. The smallest absolute Gasteiger partial charge is 0.408 e. The fraction of sp³-hybridized carbons (Fsp3) is 0.324. The van der Waals surface area contributed by atoms with Gasteiger partial charge in [-0.2, -0.15) is 0 Å². The first-order valence-corrected chi connectivity index (χ1v) is 14.2. The Kier molecular flexibility index (Phi) is 6.81. The Labute approximate surface area is 250 Å². The first-order chi connectivity index (χ1) is 20.4. The number of alkyl carbamates (subject to hydrolysis) is 1. The first kappa shape index (κ1) is 28.5. The molecule has 43 heavy (non-hydrogen) atoms. The van der Waals surface area contributed by atoms with E-state index in [2.05, 4.69) is 5.32 Å². The summed E-state index contributed by atoms with van der Waals surface area (Å²) in [5, 5.41) is 13.7. The van der Waals surface area contributed by atoms with Gasteiger partial charge >= 0.3 is 12.1 Å². The molecule has 1 amide bonds. The van der Waals surface area contributed by atoms with E-state index in [4.69, 9.17) is 19.2 Å². The molecule has 0 radical (unpaired) electrons. The Balaban J connectivity index is 1.42. The number of methoxy groups -OCH3 is 1. The van der Waals surface area contributed by atoms with Crippen molar-refractivity contribution >= 4 is 12.1 Å². The van der Waals surface area contributed by atoms with E-state index in [-0.39, 0.29) is 6.73 Å². The van der Waals surface area contributed by atoms with Crippen LogP contribution in [0.4, 0.5) is 4.79 Å². The molecule has 4 aromatic rings. The third-order valence-corrected chi connectivity index (χ3v) is 7.82. The third kappa shape index (κ3) is 5.36. The quantitative estimate of drug-likeness (QED) is 0.267. The van der Waals surface area contributed by atoms with Gasteiger partial charge in [0.15, 0.2) is 6.73 Å². The number of amides is 1. The number of carbonyl (C=O) groups excluding carboxylic acids is 2. The van der Waals surface area contributed by atoms with Gasteiger partial charge in [0.1, 0.15) is 17.2 Å². The maximum absolute atomic E-state index is 12.8. The van der Waals surface area contributed by atoms with Gasteiger partial charge < -0.3 is 24.6 Å². The van der Waals surface area contributed by atoms with Crippen molar-refractivity contribution in [2.75, 3.05) is 7.11 Å². The lowest BCUT2D eigenvalue weighted by molar-refractivity contribution is -0.0892. The number of nitrogens with one attached hydrogen (secondary N) is 1. The van der Waals surface area contributed by atoms with E-state index in [1.165, 1.54) is 7.11 Å². The first-order valence-electron chi connectivity index (χ1n) is 14.2. The predicted octanol–water partition coefficient (Wildman–Crippen LogP) is 6.29. The van der Waals surface area contributed by atoms with Gasteiger partial charge in [-0.25, -0.2) is 14.6 Å². The summed E-state index contributed by atoms with van der Waals surface area (Å²) >= 11 is 0. The number of carbonyl (C=O) groups is 2. The van der Waals surface area contributed by atoms with Crippen LogP contribution in [0.1, 0.15) is 56.5 Å². The average Bonchev–Trinajstić information content (AvgIpc) is 3.35. The molecule has 222 valence electrons. The van der Waals surface area contributed by atoms with Gasteiger partial charge in [-0.3, -0.25) is 4.57 Å². The SMILES string of the molecule is COC(=O)c1ccc2c(c1)-c1nc(-c3ccc(C4(NC(=O)OC(C)(C)C)CC(C)(O)C4)cc3)c(-c3ccccc3)n1CO2. The van der Waals surface area contributed by atoms with Crippen LogP contribution in [0.2, 0.25) is 0 Å². The summed E-state index contributed by atoms with van der Waals surface area (Å²) in [6.45, 7) is 7.48. The van der Waals surface area contributed by atoms with Crippen molar-refractivity contribution in [3.05, 3.63) is 83.9 Å². The molecule has 3 aromatic carbocycles. The number of esters is 1. The van der Waals surface area contributed by atoms with Crippen molar-refractivity contribution in [1.29, 1.82) is 0 Å². The number of rotatable bonds is 5. The van der Waals surface area contributed by atoms with Gasteiger partial charge in [-0.05, 0) is 51.5 Å². The molecule has 1 aliphatic carbocycles. The Morgan fingerprint density at radius 1 is 1.00 bits per heavy atom. The lowest BCUT2D eigenvalue weighted by Gasteiger charge is -2.52. The number of ether oxygens (including phenoxy) is 3. The van der Waals surface area contributed by atoms with E-state index in [9.17, 15) is 14.7 Å². The van der Waals surface area contributed by atoms with Gasteiger partial charge in [0.2, 0.25) is 0 Å². The highest BCUT2D eigenvalue weighted by Gasteiger charge is 2.53. The number of imidazole rings is 1. The van der Waals surface area contributed by atoms with Gasteiger partial charge in [0.05, 0.1) is 40.8 Å². The Morgan fingerprint density at radius 2 is 1.70 bits per heavy atom. The third-order valence-electron chi connectivity index (χ3n) is 7.82. The summed E-state index contributed by atoms with van der Waals surface area (Å²) < 4.78 is 18.6. The van der Waals surface area contributed by atoms with Gasteiger partial charge in [-0.15, -0.1) is 0 Å². The summed E-state index contributed by atoms with van der Waals surface area (Å²) in [4.78, 5) is 30.2. The predicted molar refractivity (Wildman–Crippen MR) is 161 cm³/mol. The second kappa shape index (κ2) is 10.3. The van der Waals surface area contributed by atoms with Crippen molar-refractivity contribution in [3.8, 4) is 39.7 Å². The van der Waals surface area contributed by atoms with E-state index in [0.717, 1.165) is 28.1 Å². The zero-order valence-electron chi connectivity index (χ0n) is 24.9. The van der Waals surface area contributed by atoms with Gasteiger partial charge in [0, 0.05) is 24.0 Å². The highest BCUT2D eigenvalue weighted by atomic mass is 16.6. The Bertz CT molecular complexity index is 1690. The summed E-state index contributed by atoms with van der Waals surface area (Å²) in [5.74, 6) is 0.886. The molecular formula is C34H35N3O6. The maximum Gasteiger partial charge on any atom is 0.408 e. The normalized spacial score (nSPS) is 20.6. The van der Waals surface area contributed by atoms with E-state index in [0.29, 0.717) is 35.5 Å². The zero-order valence-corrected chi connectivity index (χ0v) is 24.9. The van der Waals surface area contributed by atoms with E-state index >= 15 is 0 Å². The number of aromatic nitrogens is 2. The van der Waals surface area contributed by atoms with Crippen LogP contribution >= 0.6 is 0 Å². The summed E-state index contributed by atoms with van der Waals surface area (Å²) in [6.07, 6.45) is 0.206. The summed E-state index contributed by atoms with van der Waals surface area (Å²) in [7, 11) is 1.35. The van der Waals surface area contributed by atoms with Crippen molar-refractivity contribution in [1.82, 2.24) is 14.9 Å². The molecule has 6 rings (SSSR count). The fourth-order valence-electron chi connectivity index (χ4n) is 6.14. The molecule has 1 aliphatic heterocycles. The molecule has 0 saturated heterocycles. The van der Waals surface area contributed by atoms with Crippen LogP contribution in [0.15, 0.2) is 72.8 Å². The molecule has 2 aliphatic rings. The minimum absolute atomic E-state index is 0.257. The van der Waals surface area contributed by atoms with Crippen LogP contribution in [-0.2, 0) is 21.7 Å². The standard InChI is InChI=1S/C34H35N3O6/c1-32(2,3)43-31(39)36-34(18-33(4,40)19-34)24-14-11-21(12-15-24)27-28(22-9-7-6-8-10-22)37-20-42-26-16-13-23(30(38)41-5)17-25(26)29(37)35-27/h6-17,40H,18-20H2,1-5H3,(H,36,39). The molecular weight excluding hydrogens is 546 g/mol. The zero-order chi connectivity index (χ0) is 30.6. The molecule has 0 bridgehead atoms. The van der Waals surface area contributed by atoms with Crippen LogP contribution in [0.5, 0.6) is 5.75 Å². The van der Waals surface area contributed by atoms with Gasteiger partial charge in [-0.1, -0.05) is 54.6 Å². The van der Waals surface area contributed by atoms with Crippen LogP contribution in [0.25, 0.3) is 33.9 Å². The second-order valence-electron chi connectivity index (χ2n) is 12.5. The minimum Gasteiger partial charge on any atom is -0.472 e. The topological polar surface area (TPSA) is 112 Å². The van der Waals surface area contributed by atoms with Crippen LogP contribution in [0.3, 0.4) is 0 Å². The van der Waals surface area contributed by atoms with Crippen LogP contribution in [0, 0.1) is 0 Å². The molecule has 1 fully saturated rings. The molecule has 2 N–H and O–H groups in total. The molecule has 0 atom stereocenters. The summed E-state index contributed by atoms with van der Waals surface area (Å²) in [5.41, 5.74) is 3.16. The van der Waals surface area contributed by atoms with E-state index in [1.54, 1.807) is 25.1 Å². The maximum atomic E-state index is 12.8. The summed E-state index contributed by atoms with van der Waals surface area (Å²) in [6, 6.07) is 23.1. The van der Waals surface area contributed by atoms with Crippen molar-refractivity contribution in [3.63, 3.8) is 0 Å². The average molecular weight is 582 g/mol. The molecule has 1 saturated carbocycles. The molecule has 9 nitrogen and oxygen atoms in total. The van der Waals surface area contributed by atoms with E-state index < -0.39 is 28.8 Å². The van der Waals surface area contributed by atoms with Crippen molar-refractivity contribution in [2.24, 2.45) is 0 Å². The second-order valence-corrected chi connectivity index (χ2v) is 12.5. The number of hydrogen-bond acceptors (Lipinski definition) is 7. The van der Waals surface area contributed by atoms with Crippen molar-refractivity contribution in [2.45, 2.75) is 64.0 Å². The van der Waals surface area contributed by atoms with Crippen LogP contribution < -0.4 is 10.1 Å². The highest BCUT2D eigenvalue weighted by Crippen LogP contribution is 2.49. The fourth-order valence-corrected chi connectivity index (χ4v) is 6.14. The number of nitrogens with zero attached hydrogens (tertiary/aromatic N) is 2. The molecule has 0 spiro atoms. The largest absolute Gasteiger partial charge is 0.472 e. The van der Waals surface area contributed by atoms with Crippen molar-refractivity contribution < 1.29 is 28.9 Å². The lowest BCUT2D eigenvalue weighted by atomic mass is 9.62. The number of aliphatic hydroxyl groups is 1. The van der Waals surface area contributed by atoms with Crippen LogP contribution in [-0.4, -0.2) is 45.0 Å². The molecule has 0 unspecified atom stereocenters. The number of fused-ring (bicyclic) bond motifs is 3.